The van der Waals surface area contributed by atoms with Gasteiger partial charge in [-0.2, -0.15) is 0 Å². The van der Waals surface area contributed by atoms with Gasteiger partial charge in [0, 0.05) is 11.7 Å². The third kappa shape index (κ3) is 3.47. The number of nitrogens with zero attached hydrogens (tertiary/aromatic N) is 1. The zero-order chi connectivity index (χ0) is 13.7. The van der Waals surface area contributed by atoms with E-state index in [9.17, 15) is 4.79 Å². The van der Waals surface area contributed by atoms with Crippen LogP contribution in [0.5, 0.6) is 0 Å². The highest BCUT2D eigenvalue weighted by atomic mass is 16.5. The molecule has 2 atom stereocenters. The Morgan fingerprint density at radius 3 is 2.67 bits per heavy atom. The van der Waals surface area contributed by atoms with Gasteiger partial charge in [0.1, 0.15) is 6.04 Å². The van der Waals surface area contributed by atoms with E-state index in [-0.39, 0.29) is 18.1 Å². The summed E-state index contributed by atoms with van der Waals surface area (Å²) in [7, 11) is 1.91. The number of ether oxygens (including phenoxy) is 1. The molecule has 0 bridgehead atoms. The molecule has 0 radical (unpaired) electrons. The van der Waals surface area contributed by atoms with Crippen LogP contribution < -0.4 is 5.73 Å². The van der Waals surface area contributed by atoms with Gasteiger partial charge in [-0.25, -0.2) is 0 Å². The van der Waals surface area contributed by atoms with Gasteiger partial charge in [-0.3, -0.25) is 9.69 Å². The van der Waals surface area contributed by atoms with Crippen molar-refractivity contribution in [2.45, 2.75) is 32.9 Å². The first-order valence-electron chi connectivity index (χ1n) is 6.21. The van der Waals surface area contributed by atoms with E-state index in [1.165, 1.54) is 0 Å². The molecule has 0 spiro atoms. The Labute approximate surface area is 109 Å². The molecule has 1 aromatic rings. The second-order valence-electron chi connectivity index (χ2n) is 4.44. The predicted molar refractivity (Wildman–Crippen MR) is 73.1 cm³/mol. The first-order chi connectivity index (χ1) is 8.47. The minimum Gasteiger partial charge on any atom is -0.465 e. The molecule has 4 heteroatoms. The maximum absolute atomic E-state index is 11.7. The van der Waals surface area contributed by atoms with Crippen molar-refractivity contribution in [3.63, 3.8) is 0 Å². The van der Waals surface area contributed by atoms with Crippen LogP contribution in [-0.2, 0) is 9.53 Å². The Morgan fingerprint density at radius 2 is 2.11 bits per heavy atom. The number of rotatable bonds is 5. The molecule has 2 unspecified atom stereocenters. The molecule has 4 nitrogen and oxygen atoms in total. The van der Waals surface area contributed by atoms with Crippen molar-refractivity contribution in [2.24, 2.45) is 0 Å². The molecule has 0 aliphatic rings. The van der Waals surface area contributed by atoms with Gasteiger partial charge in [0.05, 0.1) is 6.61 Å². The molecule has 2 N–H and O–H groups in total. The van der Waals surface area contributed by atoms with E-state index in [2.05, 4.69) is 0 Å². The summed E-state index contributed by atoms with van der Waals surface area (Å²) >= 11 is 0. The fourth-order valence-electron chi connectivity index (χ4n) is 1.82. The van der Waals surface area contributed by atoms with Crippen molar-refractivity contribution in [3.8, 4) is 0 Å². The summed E-state index contributed by atoms with van der Waals surface area (Å²) in [6, 6.07) is 7.54. The van der Waals surface area contributed by atoms with Gasteiger partial charge in [-0.15, -0.1) is 0 Å². The van der Waals surface area contributed by atoms with Crippen LogP contribution in [0.4, 0.5) is 5.69 Å². The van der Waals surface area contributed by atoms with Crippen molar-refractivity contribution >= 4 is 11.7 Å². The second-order valence-corrected chi connectivity index (χ2v) is 4.44. The van der Waals surface area contributed by atoms with Gasteiger partial charge in [0.2, 0.25) is 0 Å². The van der Waals surface area contributed by atoms with E-state index < -0.39 is 0 Å². The highest BCUT2D eigenvalue weighted by Crippen LogP contribution is 2.22. The third-order valence-electron chi connectivity index (χ3n) is 3.24. The Hall–Kier alpha value is -1.55. The summed E-state index contributed by atoms with van der Waals surface area (Å²) in [5.74, 6) is -0.198. The largest absolute Gasteiger partial charge is 0.465 e. The molecule has 0 heterocycles. The molecule has 0 amide bonds. The van der Waals surface area contributed by atoms with Crippen molar-refractivity contribution in [3.05, 3.63) is 29.8 Å². The van der Waals surface area contributed by atoms with Crippen LogP contribution in [0, 0.1) is 0 Å². The molecule has 1 rings (SSSR count). The molecule has 0 fully saturated rings. The van der Waals surface area contributed by atoms with Crippen molar-refractivity contribution in [1.29, 1.82) is 0 Å². The minimum atomic E-state index is -0.276. The standard InChI is InChI=1S/C14H22N2O2/c1-5-18-14(17)11(3)16(4)10(2)12-7-6-8-13(15)9-12/h6-11H,5,15H2,1-4H3. The van der Waals surface area contributed by atoms with E-state index in [0.29, 0.717) is 6.61 Å². The van der Waals surface area contributed by atoms with Gasteiger partial charge in [0.25, 0.3) is 0 Å². The Kier molecular flexibility index (Phi) is 5.16. The van der Waals surface area contributed by atoms with E-state index in [1.807, 2.05) is 57.0 Å². The van der Waals surface area contributed by atoms with Crippen LogP contribution in [0.25, 0.3) is 0 Å². The summed E-state index contributed by atoms with van der Waals surface area (Å²) in [6.45, 7) is 6.11. The van der Waals surface area contributed by atoms with Crippen LogP contribution in [-0.4, -0.2) is 30.6 Å². The first-order valence-corrected chi connectivity index (χ1v) is 6.21. The zero-order valence-corrected chi connectivity index (χ0v) is 11.5. The van der Waals surface area contributed by atoms with Gasteiger partial charge in [0.15, 0.2) is 0 Å². The molecule has 0 saturated heterocycles. The molecular formula is C14H22N2O2. The minimum absolute atomic E-state index is 0.105. The average Bonchev–Trinajstić information content (AvgIpc) is 2.36. The fourth-order valence-corrected chi connectivity index (χ4v) is 1.82. The molecule has 0 aromatic heterocycles. The molecule has 1 aromatic carbocycles. The lowest BCUT2D eigenvalue weighted by Crippen LogP contribution is -2.38. The van der Waals surface area contributed by atoms with Gasteiger partial charge >= 0.3 is 5.97 Å². The molecule has 0 saturated carbocycles. The van der Waals surface area contributed by atoms with Crippen molar-refractivity contribution in [1.82, 2.24) is 4.90 Å². The predicted octanol–water partition coefficient (Wildman–Crippen LogP) is 2.21. The lowest BCUT2D eigenvalue weighted by Gasteiger charge is -2.29. The number of benzene rings is 1. The third-order valence-corrected chi connectivity index (χ3v) is 3.24. The van der Waals surface area contributed by atoms with E-state index in [4.69, 9.17) is 10.5 Å². The van der Waals surface area contributed by atoms with Crippen molar-refractivity contribution in [2.75, 3.05) is 19.4 Å². The van der Waals surface area contributed by atoms with E-state index in [0.717, 1.165) is 11.3 Å². The summed E-state index contributed by atoms with van der Waals surface area (Å²) in [5.41, 5.74) is 7.59. The summed E-state index contributed by atoms with van der Waals surface area (Å²) in [5, 5.41) is 0. The highest BCUT2D eigenvalue weighted by molar-refractivity contribution is 5.75. The summed E-state index contributed by atoms with van der Waals surface area (Å²) in [4.78, 5) is 13.7. The Balaban J connectivity index is 2.77. The normalized spacial score (nSPS) is 14.3. The summed E-state index contributed by atoms with van der Waals surface area (Å²) in [6.07, 6.45) is 0. The second kappa shape index (κ2) is 6.40. The monoisotopic (exact) mass is 250 g/mol. The summed E-state index contributed by atoms with van der Waals surface area (Å²) < 4.78 is 5.03. The Bertz CT molecular complexity index is 407. The average molecular weight is 250 g/mol. The van der Waals surface area contributed by atoms with E-state index in [1.54, 1.807) is 0 Å². The number of carbonyl (C=O) groups is 1. The molecule has 18 heavy (non-hydrogen) atoms. The zero-order valence-electron chi connectivity index (χ0n) is 11.5. The number of esters is 1. The number of carbonyl (C=O) groups excluding carboxylic acids is 1. The fraction of sp³-hybridized carbons (Fsp3) is 0.500. The molecule has 100 valence electrons. The maximum Gasteiger partial charge on any atom is 0.323 e. The first kappa shape index (κ1) is 14.5. The number of hydrogen-bond acceptors (Lipinski definition) is 4. The van der Waals surface area contributed by atoms with E-state index >= 15 is 0 Å². The van der Waals surface area contributed by atoms with Gasteiger partial charge < -0.3 is 10.5 Å². The number of anilines is 1. The highest BCUT2D eigenvalue weighted by Gasteiger charge is 2.24. The van der Waals surface area contributed by atoms with Crippen LogP contribution >= 0.6 is 0 Å². The number of hydrogen-bond donors (Lipinski definition) is 1. The SMILES string of the molecule is CCOC(=O)C(C)N(C)C(C)c1cccc(N)c1. The number of nitrogens with two attached hydrogens (primary N) is 1. The van der Waals surface area contributed by atoms with Crippen LogP contribution in [0.1, 0.15) is 32.4 Å². The van der Waals surface area contributed by atoms with Crippen LogP contribution in [0.15, 0.2) is 24.3 Å². The lowest BCUT2D eigenvalue weighted by molar-refractivity contribution is -0.149. The Morgan fingerprint density at radius 1 is 1.44 bits per heavy atom. The molecule has 0 aliphatic carbocycles. The lowest BCUT2D eigenvalue weighted by atomic mass is 10.1. The molecule has 0 aliphatic heterocycles. The van der Waals surface area contributed by atoms with Crippen molar-refractivity contribution < 1.29 is 9.53 Å². The van der Waals surface area contributed by atoms with Gasteiger partial charge in [-0.05, 0) is 45.5 Å². The quantitative estimate of drug-likeness (QED) is 0.643. The van der Waals surface area contributed by atoms with Crippen LogP contribution in [0.3, 0.4) is 0 Å². The number of nitrogen functional groups attached to an aromatic ring is 1. The number of likely N-dealkylation sites (N-methyl/N-ethyl adjacent to an activating group) is 1. The molecular weight excluding hydrogens is 228 g/mol. The van der Waals surface area contributed by atoms with Crippen LogP contribution in [0.2, 0.25) is 0 Å². The maximum atomic E-state index is 11.7. The topological polar surface area (TPSA) is 55.6 Å². The smallest absolute Gasteiger partial charge is 0.323 e. The van der Waals surface area contributed by atoms with Gasteiger partial charge in [-0.1, -0.05) is 12.1 Å².